The molecule has 0 bridgehead atoms. The van der Waals surface area contributed by atoms with Crippen LogP contribution in [0, 0.1) is 0 Å². The van der Waals surface area contributed by atoms with Crippen LogP contribution in [-0.2, 0) is 0 Å². The van der Waals surface area contributed by atoms with Crippen LogP contribution in [0.3, 0.4) is 0 Å². The van der Waals surface area contributed by atoms with Gasteiger partial charge in [0.25, 0.3) is 0 Å². The predicted octanol–water partition coefficient (Wildman–Crippen LogP) is 14.3. The van der Waals surface area contributed by atoms with Crippen molar-refractivity contribution in [3.63, 3.8) is 0 Å². The lowest BCUT2D eigenvalue weighted by Gasteiger charge is -2.15. The van der Waals surface area contributed by atoms with Crippen molar-refractivity contribution in [1.82, 2.24) is 13.7 Å². The van der Waals surface area contributed by atoms with Crippen molar-refractivity contribution in [2.24, 2.45) is 0 Å². The fraction of sp³-hybridized carbons (Fsp3) is 0. The van der Waals surface area contributed by atoms with E-state index in [-0.39, 0.29) is 0 Å². The molecule has 0 fully saturated rings. The van der Waals surface area contributed by atoms with Crippen molar-refractivity contribution in [3.8, 4) is 39.3 Å². The zero-order chi connectivity index (χ0) is 37.5. The summed E-state index contributed by atoms with van der Waals surface area (Å²) in [5, 5.41) is 7.54. The summed E-state index contributed by atoms with van der Waals surface area (Å²) in [6.45, 7) is 0. The van der Waals surface area contributed by atoms with E-state index in [4.69, 9.17) is 0 Å². The number of para-hydroxylation sites is 5. The van der Waals surface area contributed by atoms with Gasteiger partial charge in [-0.05, 0) is 83.4 Å². The van der Waals surface area contributed by atoms with E-state index in [0.717, 1.165) is 17.1 Å². The van der Waals surface area contributed by atoms with E-state index in [1.165, 1.54) is 87.7 Å². The largest absolute Gasteiger partial charge is 0.309 e. The van der Waals surface area contributed by atoms with Crippen LogP contribution >= 0.6 is 0 Å². The summed E-state index contributed by atoms with van der Waals surface area (Å²) in [7, 11) is 0. The summed E-state index contributed by atoms with van der Waals surface area (Å²) in [6, 6.07) is 77.3. The van der Waals surface area contributed by atoms with Gasteiger partial charge in [-0.3, -0.25) is 0 Å². The predicted molar refractivity (Wildman–Crippen MR) is 240 cm³/mol. The molecule has 0 aliphatic carbocycles. The van der Waals surface area contributed by atoms with Crippen LogP contribution in [0.5, 0.6) is 0 Å². The van der Waals surface area contributed by atoms with Gasteiger partial charge in [-0.2, -0.15) is 0 Å². The maximum absolute atomic E-state index is 2.50. The average molecular weight is 726 g/mol. The maximum atomic E-state index is 2.50. The minimum absolute atomic E-state index is 1.15. The Kier molecular flexibility index (Phi) is 6.93. The fourth-order valence-corrected chi connectivity index (χ4v) is 9.48. The molecular weight excluding hydrogens is 691 g/mol. The Hall–Kier alpha value is -7.62. The van der Waals surface area contributed by atoms with Gasteiger partial charge in [0.1, 0.15) is 0 Å². The van der Waals surface area contributed by atoms with E-state index in [2.05, 4.69) is 226 Å². The van der Waals surface area contributed by atoms with Crippen molar-refractivity contribution < 1.29 is 0 Å². The Balaban J connectivity index is 1.13. The molecule has 0 unspecified atom stereocenters. The molecule has 0 saturated heterocycles. The van der Waals surface area contributed by atoms with E-state index in [1.54, 1.807) is 0 Å². The first-order valence-corrected chi connectivity index (χ1v) is 19.6. The normalized spacial score (nSPS) is 11.9. The second-order valence-electron chi connectivity index (χ2n) is 14.9. The van der Waals surface area contributed by atoms with Crippen molar-refractivity contribution in [1.29, 1.82) is 0 Å². The molecule has 3 heterocycles. The van der Waals surface area contributed by atoms with Crippen LogP contribution in [0.1, 0.15) is 0 Å². The van der Waals surface area contributed by atoms with E-state index < -0.39 is 0 Å². The van der Waals surface area contributed by atoms with Crippen molar-refractivity contribution in [2.75, 3.05) is 0 Å². The van der Waals surface area contributed by atoms with Crippen LogP contribution in [-0.4, -0.2) is 13.7 Å². The molecule has 3 aromatic heterocycles. The summed E-state index contributed by atoms with van der Waals surface area (Å²) >= 11 is 0. The van der Waals surface area contributed by atoms with Crippen molar-refractivity contribution in [3.05, 3.63) is 212 Å². The van der Waals surface area contributed by atoms with Crippen molar-refractivity contribution in [2.45, 2.75) is 0 Å². The summed E-state index contributed by atoms with van der Waals surface area (Å²) in [6.07, 6.45) is 0. The zero-order valence-corrected chi connectivity index (χ0v) is 31.0. The quantitative estimate of drug-likeness (QED) is 0.168. The molecule has 12 aromatic rings. The van der Waals surface area contributed by atoms with Gasteiger partial charge in [0, 0.05) is 49.3 Å². The van der Waals surface area contributed by atoms with Gasteiger partial charge in [0.2, 0.25) is 0 Å². The highest BCUT2D eigenvalue weighted by atomic mass is 15.0. The van der Waals surface area contributed by atoms with Crippen LogP contribution in [0.25, 0.3) is 105 Å². The molecule has 0 atom stereocenters. The Morgan fingerprint density at radius 2 is 0.649 bits per heavy atom. The molecule has 0 aliphatic heterocycles. The summed E-state index contributed by atoms with van der Waals surface area (Å²) in [5.41, 5.74) is 15.5. The second-order valence-corrected chi connectivity index (χ2v) is 14.9. The lowest BCUT2D eigenvalue weighted by Crippen LogP contribution is -1.98. The van der Waals surface area contributed by atoms with E-state index in [1.807, 2.05) is 0 Å². The minimum Gasteiger partial charge on any atom is -0.309 e. The summed E-state index contributed by atoms with van der Waals surface area (Å²) in [5.74, 6) is 0. The topological polar surface area (TPSA) is 14.8 Å². The third-order valence-corrected chi connectivity index (χ3v) is 11.9. The Morgan fingerprint density at radius 1 is 0.228 bits per heavy atom. The number of fused-ring (bicyclic) bond motifs is 10. The number of rotatable bonds is 5. The standard InChI is InChI=1S/C54H35N3/c1-3-16-36(17-4-1)37-30-32-39(33-31-37)56-47-27-13-9-22-43(47)53-50(56)34-35-51-54(53)44-23-10-14-28-48(44)57(51)45-25-11-7-20-40(45)41-24-15-29-49-52(41)42-21-8-12-26-46(42)55(49)38-18-5-2-6-19-38/h1-35H. The first-order chi connectivity index (χ1) is 28.3. The van der Waals surface area contributed by atoms with E-state index in [0.29, 0.717) is 0 Å². The molecule has 3 nitrogen and oxygen atoms in total. The number of benzene rings is 9. The lowest BCUT2D eigenvalue weighted by atomic mass is 9.97. The van der Waals surface area contributed by atoms with Gasteiger partial charge in [0.15, 0.2) is 0 Å². The maximum Gasteiger partial charge on any atom is 0.0549 e. The van der Waals surface area contributed by atoms with Crippen molar-refractivity contribution >= 4 is 65.4 Å². The number of hydrogen-bond acceptors (Lipinski definition) is 0. The van der Waals surface area contributed by atoms with Gasteiger partial charge in [0.05, 0.1) is 38.8 Å². The molecule has 0 aliphatic rings. The zero-order valence-electron chi connectivity index (χ0n) is 31.0. The Morgan fingerprint density at radius 3 is 1.30 bits per heavy atom. The molecule has 9 aromatic carbocycles. The van der Waals surface area contributed by atoms with Gasteiger partial charge in [-0.15, -0.1) is 0 Å². The highest BCUT2D eigenvalue weighted by Crippen LogP contribution is 2.45. The van der Waals surface area contributed by atoms with Crippen LogP contribution in [0.2, 0.25) is 0 Å². The molecule has 0 radical (unpaired) electrons. The number of hydrogen-bond donors (Lipinski definition) is 0. The summed E-state index contributed by atoms with van der Waals surface area (Å²) in [4.78, 5) is 0. The third kappa shape index (κ3) is 4.66. The fourth-order valence-electron chi connectivity index (χ4n) is 9.48. The van der Waals surface area contributed by atoms with Gasteiger partial charge in [-0.1, -0.05) is 146 Å². The molecule has 0 N–H and O–H groups in total. The van der Waals surface area contributed by atoms with Crippen LogP contribution < -0.4 is 0 Å². The summed E-state index contributed by atoms with van der Waals surface area (Å²) < 4.78 is 7.33. The second kappa shape index (κ2) is 12.5. The van der Waals surface area contributed by atoms with Gasteiger partial charge < -0.3 is 13.7 Å². The molecule has 266 valence electrons. The SMILES string of the molecule is c1ccc(-c2ccc(-n3c4ccccc4c4c5c6ccccc6n(-c6ccccc6-c6cccc7c6c6ccccc6n7-c6ccccc6)c5ccc43)cc2)cc1. The monoisotopic (exact) mass is 725 g/mol. The molecule has 3 heteroatoms. The van der Waals surface area contributed by atoms with Gasteiger partial charge in [-0.25, -0.2) is 0 Å². The molecule has 0 saturated carbocycles. The Labute approximate surface area is 329 Å². The minimum atomic E-state index is 1.15. The van der Waals surface area contributed by atoms with E-state index in [9.17, 15) is 0 Å². The molecule has 12 rings (SSSR count). The molecular formula is C54H35N3. The first kappa shape index (κ1) is 31.7. The van der Waals surface area contributed by atoms with Gasteiger partial charge >= 0.3 is 0 Å². The average Bonchev–Trinajstić information content (AvgIpc) is 3.93. The molecule has 0 amide bonds. The Bertz CT molecular complexity index is 3490. The first-order valence-electron chi connectivity index (χ1n) is 19.6. The number of aromatic nitrogens is 3. The lowest BCUT2D eigenvalue weighted by molar-refractivity contribution is 1.17. The smallest absolute Gasteiger partial charge is 0.0549 e. The number of nitrogens with zero attached hydrogens (tertiary/aromatic N) is 3. The highest BCUT2D eigenvalue weighted by molar-refractivity contribution is 6.29. The van der Waals surface area contributed by atoms with Crippen LogP contribution in [0.15, 0.2) is 212 Å². The molecule has 57 heavy (non-hydrogen) atoms. The molecule has 0 spiro atoms. The highest BCUT2D eigenvalue weighted by Gasteiger charge is 2.23. The van der Waals surface area contributed by atoms with Crippen LogP contribution in [0.4, 0.5) is 0 Å². The van der Waals surface area contributed by atoms with E-state index >= 15 is 0 Å². The third-order valence-electron chi connectivity index (χ3n) is 11.9.